The van der Waals surface area contributed by atoms with Crippen molar-refractivity contribution in [3.63, 3.8) is 0 Å². The van der Waals surface area contributed by atoms with Gasteiger partial charge in [0.1, 0.15) is 24.0 Å². The number of aromatic nitrogens is 5. The van der Waals surface area contributed by atoms with E-state index in [0.29, 0.717) is 17.9 Å². The topological polar surface area (TPSA) is 134 Å². The van der Waals surface area contributed by atoms with E-state index in [0.717, 1.165) is 11.8 Å². The van der Waals surface area contributed by atoms with Crippen molar-refractivity contribution in [1.82, 2.24) is 30.4 Å². The van der Waals surface area contributed by atoms with Crippen molar-refractivity contribution in [3.8, 4) is 5.88 Å². The number of rotatable bonds is 6. The number of hydrogen-bond donors (Lipinski definition) is 3. The number of nitrogens with one attached hydrogen (secondary N) is 2. The van der Waals surface area contributed by atoms with Crippen LogP contribution in [0.3, 0.4) is 0 Å². The van der Waals surface area contributed by atoms with Gasteiger partial charge in [-0.25, -0.2) is 15.0 Å². The van der Waals surface area contributed by atoms with Gasteiger partial charge >= 0.3 is 0 Å². The molecule has 0 aliphatic carbocycles. The summed E-state index contributed by atoms with van der Waals surface area (Å²) in [6, 6.07) is 1.61. The highest BCUT2D eigenvalue weighted by Gasteiger charge is 2.12. The van der Waals surface area contributed by atoms with E-state index < -0.39 is 11.7 Å². The normalized spacial score (nSPS) is 11.3. The van der Waals surface area contributed by atoms with Crippen LogP contribution in [0.15, 0.2) is 47.8 Å². The maximum absolute atomic E-state index is 13.0. The number of halogens is 1. The molecule has 0 aliphatic heterocycles. The summed E-state index contributed by atoms with van der Waals surface area (Å²) < 4.78 is 17.9. The van der Waals surface area contributed by atoms with Gasteiger partial charge in [-0.2, -0.15) is 9.37 Å². The van der Waals surface area contributed by atoms with Gasteiger partial charge in [0.25, 0.3) is 5.88 Å². The van der Waals surface area contributed by atoms with Crippen LogP contribution in [-0.2, 0) is 6.54 Å². The van der Waals surface area contributed by atoms with E-state index >= 15 is 0 Å². The summed E-state index contributed by atoms with van der Waals surface area (Å²) in [5, 5.41) is 24.3. The van der Waals surface area contributed by atoms with Crippen LogP contribution in [0.1, 0.15) is 17.1 Å². The third kappa shape index (κ3) is 3.99. The highest BCUT2D eigenvalue weighted by Crippen LogP contribution is 2.13. The number of aromatic hydroxyl groups is 1. The smallest absolute Gasteiger partial charge is 0.251 e. The molecule has 0 saturated carbocycles. The minimum absolute atomic E-state index is 0.135. The first-order chi connectivity index (χ1) is 12.1. The van der Waals surface area contributed by atoms with Crippen LogP contribution in [-0.4, -0.2) is 35.9 Å². The van der Waals surface area contributed by atoms with Crippen molar-refractivity contribution in [1.29, 1.82) is 5.41 Å². The van der Waals surface area contributed by atoms with Crippen LogP contribution in [0, 0.1) is 11.2 Å². The van der Waals surface area contributed by atoms with E-state index in [1.165, 1.54) is 18.7 Å². The van der Waals surface area contributed by atoms with Crippen LogP contribution < -0.4 is 5.32 Å². The first kappa shape index (κ1) is 16.2. The Kier molecular flexibility index (Phi) is 4.69. The number of hydrogen-bond acceptors (Lipinski definition) is 9. The van der Waals surface area contributed by atoms with Gasteiger partial charge < -0.3 is 14.9 Å². The molecule has 10 heteroatoms. The van der Waals surface area contributed by atoms with Crippen LogP contribution in [0.25, 0.3) is 5.70 Å². The lowest BCUT2D eigenvalue weighted by atomic mass is 10.2. The molecule has 0 unspecified atom stereocenters. The summed E-state index contributed by atoms with van der Waals surface area (Å²) in [6.45, 7) is 0.377. The zero-order valence-electron chi connectivity index (χ0n) is 12.7. The molecule has 3 aromatic heterocycles. The molecule has 0 radical (unpaired) electrons. The summed E-state index contributed by atoms with van der Waals surface area (Å²) in [7, 11) is 0. The average molecular weight is 341 g/mol. The Balaban J connectivity index is 1.84. The predicted molar refractivity (Wildman–Crippen MR) is 83.8 cm³/mol. The highest BCUT2D eigenvalue weighted by atomic mass is 19.1. The lowest BCUT2D eigenvalue weighted by Gasteiger charge is -2.08. The molecule has 0 aromatic carbocycles. The van der Waals surface area contributed by atoms with Crippen LogP contribution in [0.5, 0.6) is 5.88 Å². The zero-order valence-corrected chi connectivity index (χ0v) is 12.7. The maximum Gasteiger partial charge on any atom is 0.251 e. The Bertz CT molecular complexity index is 898. The van der Waals surface area contributed by atoms with E-state index in [1.807, 2.05) is 0 Å². The summed E-state index contributed by atoms with van der Waals surface area (Å²) in [5.41, 5.74) is 1.58. The lowest BCUT2D eigenvalue weighted by Crippen LogP contribution is -2.15. The molecule has 3 heterocycles. The van der Waals surface area contributed by atoms with E-state index in [1.54, 1.807) is 18.5 Å². The van der Waals surface area contributed by atoms with Crippen molar-refractivity contribution in [3.05, 3.63) is 66.2 Å². The molecular formula is C15H12FN7O2. The Morgan fingerprint density at radius 2 is 2.12 bits per heavy atom. The van der Waals surface area contributed by atoms with Crippen molar-refractivity contribution >= 4 is 11.4 Å². The van der Waals surface area contributed by atoms with Crippen molar-refractivity contribution < 1.29 is 14.0 Å². The van der Waals surface area contributed by atoms with Crippen LogP contribution in [0.4, 0.5) is 4.39 Å². The Hall–Kier alpha value is -3.69. The molecule has 25 heavy (non-hydrogen) atoms. The Labute approximate surface area is 140 Å². The fourth-order valence-corrected chi connectivity index (χ4v) is 1.88. The van der Waals surface area contributed by atoms with E-state index in [9.17, 15) is 9.50 Å². The number of nitrogens with zero attached hydrogens (tertiary/aromatic N) is 5. The second-order valence-corrected chi connectivity index (χ2v) is 4.82. The minimum Gasteiger partial charge on any atom is -0.491 e. The zero-order chi connectivity index (χ0) is 17.6. The largest absolute Gasteiger partial charge is 0.491 e. The van der Waals surface area contributed by atoms with Gasteiger partial charge in [-0.15, -0.1) is 0 Å². The summed E-state index contributed by atoms with van der Waals surface area (Å²) in [4.78, 5) is 15.1. The molecule has 3 rings (SSSR count). The van der Waals surface area contributed by atoms with Gasteiger partial charge in [0.2, 0.25) is 5.82 Å². The first-order valence-corrected chi connectivity index (χ1v) is 7.04. The molecule has 0 spiro atoms. The van der Waals surface area contributed by atoms with Crippen LogP contribution in [0.2, 0.25) is 0 Å². The molecule has 3 N–H and O–H groups in total. The van der Waals surface area contributed by atoms with E-state index in [2.05, 4.69) is 30.4 Å². The monoisotopic (exact) mass is 341 g/mol. The van der Waals surface area contributed by atoms with Crippen LogP contribution >= 0.6 is 0 Å². The van der Waals surface area contributed by atoms with E-state index in [4.69, 9.17) is 9.93 Å². The third-order valence-corrected chi connectivity index (χ3v) is 3.07. The first-order valence-electron chi connectivity index (χ1n) is 7.04. The molecule has 9 nitrogen and oxygen atoms in total. The highest BCUT2D eigenvalue weighted by molar-refractivity contribution is 6.07. The van der Waals surface area contributed by atoms with Gasteiger partial charge in [0.15, 0.2) is 5.82 Å². The van der Waals surface area contributed by atoms with Gasteiger partial charge in [-0.1, -0.05) is 5.16 Å². The molecule has 0 atom stereocenters. The third-order valence-electron chi connectivity index (χ3n) is 3.07. The van der Waals surface area contributed by atoms with Gasteiger partial charge in [-0.05, 0) is 6.08 Å². The lowest BCUT2D eigenvalue weighted by molar-refractivity contribution is 0.407. The molecule has 0 aliphatic rings. The molecule has 0 bridgehead atoms. The molecule has 0 fully saturated rings. The molecule has 0 amide bonds. The molecule has 0 saturated heterocycles. The van der Waals surface area contributed by atoms with Gasteiger partial charge in [0, 0.05) is 30.6 Å². The summed E-state index contributed by atoms with van der Waals surface area (Å²) in [5.74, 6) is -1.91. The maximum atomic E-state index is 13.0. The average Bonchev–Trinajstić information content (AvgIpc) is 3.16. The van der Waals surface area contributed by atoms with E-state index in [-0.39, 0.29) is 11.5 Å². The molecule has 126 valence electrons. The standard InChI is InChI=1S/C15H12FN7O2/c16-10-7-21-14(22-15(10)24)11(17)3-13(12-1-2-25-23-12)20-6-9-4-18-8-19-5-9/h1-5,7-8,17,20H,6H2,(H,21,22,24)/b13-3-,17-11?. The molecular weight excluding hydrogens is 329 g/mol. The summed E-state index contributed by atoms with van der Waals surface area (Å²) in [6.07, 6.45) is 8.30. The summed E-state index contributed by atoms with van der Waals surface area (Å²) >= 11 is 0. The van der Waals surface area contributed by atoms with Crippen molar-refractivity contribution in [2.45, 2.75) is 6.54 Å². The van der Waals surface area contributed by atoms with Gasteiger partial charge in [0.05, 0.1) is 11.9 Å². The Morgan fingerprint density at radius 1 is 1.32 bits per heavy atom. The minimum atomic E-state index is -0.959. The number of allylic oxidation sites excluding steroid dienone is 1. The fraction of sp³-hybridized carbons (Fsp3) is 0.0667. The predicted octanol–water partition coefficient (Wildman–Crippen LogP) is 1.30. The molecule has 3 aromatic rings. The second-order valence-electron chi connectivity index (χ2n) is 4.82. The van der Waals surface area contributed by atoms with Crippen molar-refractivity contribution in [2.24, 2.45) is 0 Å². The van der Waals surface area contributed by atoms with Crippen molar-refractivity contribution in [2.75, 3.05) is 0 Å². The van der Waals surface area contributed by atoms with Gasteiger partial charge in [-0.3, -0.25) is 5.41 Å². The fourth-order valence-electron chi connectivity index (χ4n) is 1.88. The SMILES string of the molecule is N=C(/C=C(\NCc1cncnc1)c1ccon1)c1ncc(F)c(O)n1. The second kappa shape index (κ2) is 7.25. The Morgan fingerprint density at radius 3 is 2.80 bits per heavy atom. The quantitative estimate of drug-likeness (QED) is 0.571.